The van der Waals surface area contributed by atoms with Gasteiger partial charge in [-0.15, -0.1) is 5.10 Å². The van der Waals surface area contributed by atoms with Crippen LogP contribution in [-0.4, -0.2) is 32.3 Å². The summed E-state index contributed by atoms with van der Waals surface area (Å²) in [7, 11) is 0. The van der Waals surface area contributed by atoms with E-state index in [0.717, 1.165) is 37.2 Å². The first-order valence-electron chi connectivity index (χ1n) is 9.78. The van der Waals surface area contributed by atoms with E-state index in [2.05, 4.69) is 14.9 Å². The molecule has 3 aromatic rings. The van der Waals surface area contributed by atoms with Gasteiger partial charge in [0.05, 0.1) is 12.8 Å². The Bertz CT molecular complexity index is 970. The normalized spacial score (nSPS) is 15.1. The number of carbonyl (C=O) groups is 2. The van der Waals surface area contributed by atoms with E-state index in [1.807, 2.05) is 0 Å². The second kappa shape index (κ2) is 9.17. The molecule has 0 radical (unpaired) electrons. The number of nitrogens with zero attached hydrogens (tertiary/aromatic N) is 3. The van der Waals surface area contributed by atoms with Crippen LogP contribution in [0.5, 0.6) is 0 Å². The van der Waals surface area contributed by atoms with E-state index >= 15 is 0 Å². The van der Waals surface area contributed by atoms with Gasteiger partial charge in [-0.1, -0.05) is 29.5 Å². The Morgan fingerprint density at radius 3 is 2.63 bits per heavy atom. The van der Waals surface area contributed by atoms with Gasteiger partial charge in [-0.2, -0.15) is 0 Å². The Hall–Kier alpha value is -3.07. The molecule has 1 N–H and O–H groups in total. The maximum absolute atomic E-state index is 13.6. The molecule has 156 valence electrons. The van der Waals surface area contributed by atoms with Gasteiger partial charge in [-0.05, 0) is 54.2 Å². The highest BCUT2D eigenvalue weighted by molar-refractivity contribution is 7.03. The van der Waals surface area contributed by atoms with Crippen LogP contribution in [-0.2, 0) is 11.3 Å². The molecule has 1 atom stereocenters. The third-order valence-corrected chi connectivity index (χ3v) is 5.70. The summed E-state index contributed by atoms with van der Waals surface area (Å²) in [5.41, 5.74) is 0.655. The molecule has 0 unspecified atom stereocenters. The highest BCUT2D eigenvalue weighted by Gasteiger charge is 2.35. The van der Waals surface area contributed by atoms with E-state index in [-0.39, 0.29) is 24.2 Å². The number of benzene rings is 1. The van der Waals surface area contributed by atoms with E-state index in [4.69, 9.17) is 4.42 Å². The first-order chi connectivity index (χ1) is 14.6. The number of nitrogens with one attached hydrogen (secondary N) is 1. The Morgan fingerprint density at radius 1 is 1.23 bits per heavy atom. The minimum Gasteiger partial charge on any atom is -0.467 e. The van der Waals surface area contributed by atoms with Crippen LogP contribution in [0, 0.1) is 5.82 Å². The highest BCUT2D eigenvalue weighted by atomic mass is 32.1. The average Bonchev–Trinajstić information content (AvgIpc) is 3.52. The van der Waals surface area contributed by atoms with Crippen LogP contribution in [0.1, 0.15) is 53.5 Å². The molecule has 0 aliphatic heterocycles. The fraction of sp³-hybridized carbons (Fsp3) is 0.333. The predicted octanol–water partition coefficient (Wildman–Crippen LogP) is 3.71. The van der Waals surface area contributed by atoms with Crippen LogP contribution in [0.25, 0.3) is 0 Å². The predicted molar refractivity (Wildman–Crippen MR) is 108 cm³/mol. The van der Waals surface area contributed by atoms with Crippen molar-refractivity contribution < 1.29 is 18.4 Å². The lowest BCUT2D eigenvalue weighted by Crippen LogP contribution is -2.46. The molecule has 4 rings (SSSR count). The Kier molecular flexibility index (Phi) is 6.18. The third-order valence-electron chi connectivity index (χ3n) is 5.19. The number of rotatable bonds is 7. The van der Waals surface area contributed by atoms with Crippen LogP contribution in [0.3, 0.4) is 0 Å². The zero-order valence-electron chi connectivity index (χ0n) is 16.2. The van der Waals surface area contributed by atoms with E-state index in [1.54, 1.807) is 12.1 Å². The zero-order chi connectivity index (χ0) is 20.9. The molecule has 2 aromatic heterocycles. The van der Waals surface area contributed by atoms with E-state index < -0.39 is 17.8 Å². The Balaban J connectivity index is 1.71. The quantitative estimate of drug-likeness (QED) is 0.620. The number of halogens is 1. The van der Waals surface area contributed by atoms with Crippen molar-refractivity contribution in [1.82, 2.24) is 19.8 Å². The van der Waals surface area contributed by atoms with Crippen molar-refractivity contribution in [1.29, 1.82) is 0 Å². The molecule has 2 heterocycles. The summed E-state index contributed by atoms with van der Waals surface area (Å²) in [6, 6.07) is 8.17. The molecular weight excluding hydrogens is 407 g/mol. The van der Waals surface area contributed by atoms with Crippen LogP contribution in [0.4, 0.5) is 4.39 Å². The smallest absolute Gasteiger partial charge is 0.276 e. The molecule has 1 aromatic carbocycles. The molecule has 0 spiro atoms. The van der Waals surface area contributed by atoms with Crippen molar-refractivity contribution in [2.24, 2.45) is 0 Å². The van der Waals surface area contributed by atoms with Crippen molar-refractivity contribution in [3.05, 3.63) is 70.9 Å². The minimum atomic E-state index is -0.967. The number of carbonyl (C=O) groups excluding carboxylic acids is 2. The highest BCUT2D eigenvalue weighted by Crippen LogP contribution is 2.27. The lowest BCUT2D eigenvalue weighted by Gasteiger charge is -2.31. The molecule has 1 aliphatic carbocycles. The molecular formula is C21H21FN4O3S. The molecule has 1 fully saturated rings. The maximum Gasteiger partial charge on any atom is 0.276 e. The number of hydrogen-bond donors (Lipinski definition) is 1. The van der Waals surface area contributed by atoms with Gasteiger partial charge in [0.2, 0.25) is 5.91 Å². The van der Waals surface area contributed by atoms with Gasteiger partial charge < -0.3 is 14.6 Å². The second-order valence-electron chi connectivity index (χ2n) is 7.25. The summed E-state index contributed by atoms with van der Waals surface area (Å²) in [6.45, 7) is 0.0590. The summed E-state index contributed by atoms with van der Waals surface area (Å²) in [4.78, 5) is 28.1. The lowest BCUT2D eigenvalue weighted by atomic mass is 10.0. The molecule has 7 nitrogen and oxygen atoms in total. The van der Waals surface area contributed by atoms with Gasteiger partial charge in [0.15, 0.2) is 5.69 Å². The van der Waals surface area contributed by atoms with Gasteiger partial charge in [-0.3, -0.25) is 9.59 Å². The number of aromatic nitrogens is 2. The zero-order valence-corrected chi connectivity index (χ0v) is 17.0. The van der Waals surface area contributed by atoms with E-state index in [0.29, 0.717) is 11.3 Å². The first kappa shape index (κ1) is 20.2. The largest absolute Gasteiger partial charge is 0.467 e. The Morgan fingerprint density at radius 2 is 2.00 bits per heavy atom. The SMILES string of the molecule is O=C(NC1CCCC1)[C@@H](c1ccc(F)cc1)N(Cc1ccco1)C(=O)c1csnn1. The number of amides is 2. The number of furan rings is 1. The van der Waals surface area contributed by atoms with Crippen LogP contribution >= 0.6 is 11.5 Å². The van der Waals surface area contributed by atoms with Gasteiger partial charge in [0.1, 0.15) is 17.6 Å². The van der Waals surface area contributed by atoms with Crippen molar-refractivity contribution in [2.45, 2.75) is 44.3 Å². The third kappa shape index (κ3) is 4.56. The van der Waals surface area contributed by atoms with Crippen molar-refractivity contribution >= 4 is 23.3 Å². The maximum atomic E-state index is 13.6. The fourth-order valence-electron chi connectivity index (χ4n) is 3.72. The van der Waals surface area contributed by atoms with Crippen LogP contribution in [0.2, 0.25) is 0 Å². The molecule has 0 bridgehead atoms. The van der Waals surface area contributed by atoms with Gasteiger partial charge in [0, 0.05) is 11.4 Å². The first-order valence-corrected chi connectivity index (χ1v) is 10.6. The minimum absolute atomic E-state index is 0.0590. The van der Waals surface area contributed by atoms with Gasteiger partial charge >= 0.3 is 0 Å². The standard InChI is InChI=1S/C21H21FN4O3S/c22-15-9-7-14(8-10-15)19(20(27)23-16-4-1-2-5-16)26(12-17-6-3-11-29-17)21(28)18-13-30-25-24-18/h3,6-11,13,16,19H,1-2,4-5,12H2,(H,23,27)/t19-/m1/s1. The average molecular weight is 428 g/mol. The monoisotopic (exact) mass is 428 g/mol. The second-order valence-corrected chi connectivity index (χ2v) is 7.86. The lowest BCUT2D eigenvalue weighted by molar-refractivity contribution is -0.126. The van der Waals surface area contributed by atoms with Crippen LogP contribution < -0.4 is 5.32 Å². The molecule has 2 amide bonds. The van der Waals surface area contributed by atoms with Crippen LogP contribution in [0.15, 0.2) is 52.5 Å². The number of hydrogen-bond acceptors (Lipinski definition) is 6. The molecule has 1 aliphatic rings. The van der Waals surface area contributed by atoms with E-state index in [9.17, 15) is 14.0 Å². The molecule has 30 heavy (non-hydrogen) atoms. The summed E-state index contributed by atoms with van der Waals surface area (Å²) in [5.74, 6) is -0.652. The molecule has 0 saturated heterocycles. The van der Waals surface area contributed by atoms with Crippen molar-refractivity contribution in [3.63, 3.8) is 0 Å². The van der Waals surface area contributed by atoms with E-state index in [1.165, 1.54) is 40.8 Å². The summed E-state index contributed by atoms with van der Waals surface area (Å²) in [5, 5.41) is 8.47. The van der Waals surface area contributed by atoms with Gasteiger partial charge in [-0.25, -0.2) is 4.39 Å². The summed E-state index contributed by atoms with van der Waals surface area (Å²) < 4.78 is 22.7. The summed E-state index contributed by atoms with van der Waals surface area (Å²) in [6.07, 6.45) is 5.44. The Labute approximate surface area is 177 Å². The molecule has 1 saturated carbocycles. The van der Waals surface area contributed by atoms with Gasteiger partial charge in [0.25, 0.3) is 5.91 Å². The molecule has 9 heteroatoms. The fourth-order valence-corrected chi connectivity index (χ4v) is 4.15. The topological polar surface area (TPSA) is 88.3 Å². The van der Waals surface area contributed by atoms with Crippen molar-refractivity contribution in [2.75, 3.05) is 0 Å². The van der Waals surface area contributed by atoms with Crippen molar-refractivity contribution in [3.8, 4) is 0 Å². The summed E-state index contributed by atoms with van der Waals surface area (Å²) >= 11 is 1.06.